The molecule has 0 aliphatic carbocycles. The number of aliphatic imine (C=N–C) groups is 1. The number of hydrogen-bond donors (Lipinski definition) is 5. The van der Waals surface area contributed by atoms with Crippen LogP contribution in [0.5, 0.6) is 0 Å². The Kier molecular flexibility index (Phi) is 12.9. The number of nitrogens with zero attached hydrogens (tertiary/aromatic N) is 1. The van der Waals surface area contributed by atoms with Crippen molar-refractivity contribution in [3.8, 4) is 0 Å². The Morgan fingerprint density at radius 2 is 1.76 bits per heavy atom. The summed E-state index contributed by atoms with van der Waals surface area (Å²) in [7, 11) is 0. The highest BCUT2D eigenvalue weighted by atomic mass is 16.4. The van der Waals surface area contributed by atoms with Gasteiger partial charge in [0, 0.05) is 6.54 Å². The van der Waals surface area contributed by atoms with Gasteiger partial charge in [-0.05, 0) is 19.3 Å². The van der Waals surface area contributed by atoms with Gasteiger partial charge in [-0.15, -0.1) is 0 Å². The molecule has 0 aromatic rings. The van der Waals surface area contributed by atoms with Gasteiger partial charge in [0.05, 0.1) is 0 Å². The molecule has 0 aromatic carbocycles. The first-order valence-electron chi connectivity index (χ1n) is 6.48. The maximum Gasteiger partial charge on any atom is 0.320 e. The third-order valence-corrected chi connectivity index (χ3v) is 2.37. The monoisotopic (exact) mass is 304 g/mol. The molecule has 0 aliphatic heterocycles. The second kappa shape index (κ2) is 12.9. The molecule has 0 aromatic heterocycles. The Morgan fingerprint density at radius 3 is 2.05 bits per heavy atom. The summed E-state index contributed by atoms with van der Waals surface area (Å²) in [6, 6.07) is -0.820. The van der Waals surface area contributed by atoms with Crippen LogP contribution in [0.4, 0.5) is 0 Å². The number of hydrogen-bond acceptors (Lipinski definition) is 5. The Balaban J connectivity index is 0. The van der Waals surface area contributed by atoms with Gasteiger partial charge in [0.2, 0.25) is 0 Å². The minimum atomic E-state index is -1.02. The van der Waals surface area contributed by atoms with Gasteiger partial charge in [0.25, 0.3) is 0 Å². The number of carboxylic acid groups (broad SMARTS) is 2. The number of carboxylic acids is 2. The highest BCUT2D eigenvalue weighted by Crippen LogP contribution is 2.01. The van der Waals surface area contributed by atoms with Crippen LogP contribution in [0.15, 0.2) is 4.99 Å². The van der Waals surface area contributed by atoms with Gasteiger partial charge in [-0.1, -0.05) is 13.3 Å². The largest absolute Gasteiger partial charge is 0.481 e. The summed E-state index contributed by atoms with van der Waals surface area (Å²) < 4.78 is 0. The second-order valence-electron chi connectivity index (χ2n) is 4.26. The lowest BCUT2D eigenvalue weighted by Crippen LogP contribution is -2.30. The fraction of sp³-hybridized carbons (Fsp3) is 0.667. The zero-order valence-corrected chi connectivity index (χ0v) is 12.1. The van der Waals surface area contributed by atoms with Crippen LogP contribution in [0.3, 0.4) is 0 Å². The van der Waals surface area contributed by atoms with E-state index in [4.69, 9.17) is 27.4 Å². The number of rotatable bonds is 9. The third-order valence-electron chi connectivity index (χ3n) is 2.37. The van der Waals surface area contributed by atoms with Crippen LogP contribution < -0.4 is 17.2 Å². The summed E-state index contributed by atoms with van der Waals surface area (Å²) in [6.07, 6.45) is 2.61. The van der Waals surface area contributed by atoms with E-state index >= 15 is 0 Å². The number of carbonyl (C=O) groups excluding carboxylic acids is 1. The Morgan fingerprint density at radius 1 is 1.19 bits per heavy atom. The van der Waals surface area contributed by atoms with Crippen molar-refractivity contribution >= 4 is 24.2 Å². The Bertz CT molecular complexity index is 356. The van der Waals surface area contributed by atoms with E-state index in [1.807, 2.05) is 6.92 Å². The van der Waals surface area contributed by atoms with Crippen molar-refractivity contribution in [2.24, 2.45) is 28.1 Å². The molecule has 9 heteroatoms. The maximum absolute atomic E-state index is 10.2. The summed E-state index contributed by atoms with van der Waals surface area (Å²) in [5.41, 5.74) is 15.3. The molecule has 0 rings (SSSR count). The number of guanidine groups is 1. The van der Waals surface area contributed by atoms with Gasteiger partial charge < -0.3 is 32.2 Å². The third kappa shape index (κ3) is 14.1. The van der Waals surface area contributed by atoms with E-state index < -0.39 is 23.9 Å². The van der Waals surface area contributed by atoms with E-state index in [-0.39, 0.29) is 5.96 Å². The molecule has 21 heavy (non-hydrogen) atoms. The van der Waals surface area contributed by atoms with Gasteiger partial charge >= 0.3 is 11.9 Å². The number of nitrogens with two attached hydrogens (primary N) is 3. The minimum Gasteiger partial charge on any atom is -0.481 e. The van der Waals surface area contributed by atoms with Crippen molar-refractivity contribution in [3.05, 3.63) is 0 Å². The van der Waals surface area contributed by atoms with Crippen molar-refractivity contribution in [2.75, 3.05) is 6.54 Å². The van der Waals surface area contributed by atoms with Crippen molar-refractivity contribution < 1.29 is 24.6 Å². The number of aldehydes is 1. The molecule has 0 aliphatic rings. The lowest BCUT2D eigenvalue weighted by molar-refractivity contribution is -0.144. The topological polar surface area (TPSA) is 182 Å². The number of aliphatic carboxylic acids is 2. The van der Waals surface area contributed by atoms with E-state index in [1.165, 1.54) is 0 Å². The highest BCUT2D eigenvalue weighted by Gasteiger charge is 2.13. The first-order chi connectivity index (χ1) is 9.76. The first-order valence-corrected chi connectivity index (χ1v) is 6.48. The van der Waals surface area contributed by atoms with E-state index in [0.717, 1.165) is 6.42 Å². The minimum absolute atomic E-state index is 0.0129. The fourth-order valence-corrected chi connectivity index (χ4v) is 1.20. The number of carbonyl (C=O) groups is 3. The molecule has 122 valence electrons. The molecule has 0 radical (unpaired) electrons. The molecular weight excluding hydrogens is 280 g/mol. The quantitative estimate of drug-likeness (QED) is 0.120. The van der Waals surface area contributed by atoms with Crippen molar-refractivity contribution in [1.29, 1.82) is 0 Å². The highest BCUT2D eigenvalue weighted by molar-refractivity contribution is 5.86. The summed E-state index contributed by atoms with van der Waals surface area (Å²) in [5.74, 6) is -2.81. The molecule has 0 bridgehead atoms. The predicted octanol–water partition coefficient (Wildman–Crippen LogP) is -0.862. The smallest absolute Gasteiger partial charge is 0.320 e. The van der Waals surface area contributed by atoms with Crippen molar-refractivity contribution in [3.63, 3.8) is 0 Å². The average molecular weight is 304 g/mol. The summed E-state index contributed by atoms with van der Waals surface area (Å²) in [6.45, 7) is 2.27. The van der Waals surface area contributed by atoms with Crippen LogP contribution in [0.1, 0.15) is 32.6 Å². The molecule has 8 N–H and O–H groups in total. The molecular formula is C12H24N4O5. The van der Waals surface area contributed by atoms with Crippen LogP contribution >= 0.6 is 0 Å². The molecule has 0 fully saturated rings. The van der Waals surface area contributed by atoms with Crippen LogP contribution in [0.25, 0.3) is 0 Å². The van der Waals surface area contributed by atoms with E-state index in [9.17, 15) is 14.4 Å². The molecule has 0 saturated heterocycles. The summed E-state index contributed by atoms with van der Waals surface area (Å²) in [4.78, 5) is 33.9. The molecule has 0 heterocycles. The van der Waals surface area contributed by atoms with Crippen molar-refractivity contribution in [1.82, 2.24) is 0 Å². The summed E-state index contributed by atoms with van der Waals surface area (Å²) in [5, 5.41) is 16.7. The molecule has 1 unspecified atom stereocenters. The predicted molar refractivity (Wildman–Crippen MR) is 77.6 cm³/mol. The first kappa shape index (κ1) is 21.1. The normalized spacial score (nSPS) is 12.3. The van der Waals surface area contributed by atoms with Gasteiger partial charge in [-0.25, -0.2) is 0 Å². The standard InChI is InChI=1S/C6H14N4O2.C6H10O3/c7-4(5(11)12)2-1-3-10-6(8)9;1-2-3-5(4-7)6(8)9/h4H,1-3,7H2,(H,11,12)(H4,8,9,10);4-5H,2-3H2,1H3,(H,8,9)/t4-;/m0./s1. The second-order valence-corrected chi connectivity index (χ2v) is 4.26. The SMILES string of the molecule is CCCC(C=O)C(=O)O.NC(N)=NCCC[C@H](N)C(=O)O. The lowest BCUT2D eigenvalue weighted by atomic mass is 10.1. The van der Waals surface area contributed by atoms with Crippen molar-refractivity contribution in [2.45, 2.75) is 38.6 Å². The molecule has 0 spiro atoms. The molecule has 2 atom stereocenters. The van der Waals surface area contributed by atoms with Crippen LogP contribution in [0.2, 0.25) is 0 Å². The molecule has 0 saturated carbocycles. The zero-order valence-electron chi connectivity index (χ0n) is 12.1. The maximum atomic E-state index is 10.2. The van der Waals surface area contributed by atoms with Crippen LogP contribution in [0, 0.1) is 5.92 Å². The van der Waals surface area contributed by atoms with Gasteiger partial charge in [-0.3, -0.25) is 14.6 Å². The fourth-order valence-electron chi connectivity index (χ4n) is 1.20. The molecule has 9 nitrogen and oxygen atoms in total. The van der Waals surface area contributed by atoms with Crippen LogP contribution in [-0.4, -0.2) is 47.0 Å². The van der Waals surface area contributed by atoms with Gasteiger partial charge in [-0.2, -0.15) is 0 Å². The lowest BCUT2D eigenvalue weighted by Gasteiger charge is -2.03. The van der Waals surface area contributed by atoms with E-state index in [0.29, 0.717) is 32.1 Å². The van der Waals surface area contributed by atoms with Crippen LogP contribution in [-0.2, 0) is 14.4 Å². The van der Waals surface area contributed by atoms with Gasteiger partial charge in [0.15, 0.2) is 5.96 Å². The molecule has 0 amide bonds. The Hall–Kier alpha value is -2.16. The summed E-state index contributed by atoms with van der Waals surface area (Å²) >= 11 is 0. The van der Waals surface area contributed by atoms with E-state index in [2.05, 4.69) is 4.99 Å². The van der Waals surface area contributed by atoms with Gasteiger partial charge in [0.1, 0.15) is 18.2 Å². The Labute approximate surface area is 123 Å². The van der Waals surface area contributed by atoms with E-state index in [1.54, 1.807) is 0 Å². The average Bonchev–Trinajstić information content (AvgIpc) is 2.40. The zero-order chi connectivity index (χ0) is 16.8.